The third kappa shape index (κ3) is 9.47. The molecular formula is C41H45ClN4O6S. The number of carbonyl (C=O) groups is 2. The van der Waals surface area contributed by atoms with E-state index in [0.717, 1.165) is 33.3 Å². The highest BCUT2D eigenvalue weighted by Gasteiger charge is 2.26. The lowest BCUT2D eigenvalue weighted by Gasteiger charge is -2.34. The summed E-state index contributed by atoms with van der Waals surface area (Å²) in [6.45, 7) is 5.00. The van der Waals surface area contributed by atoms with Crippen molar-refractivity contribution in [2.75, 3.05) is 58.7 Å². The van der Waals surface area contributed by atoms with Gasteiger partial charge in [-0.2, -0.15) is 0 Å². The second-order valence-corrected chi connectivity index (χ2v) is 15.5. The summed E-state index contributed by atoms with van der Waals surface area (Å²) < 4.78 is 42.9. The molecule has 10 nitrogen and oxygen atoms in total. The van der Waals surface area contributed by atoms with Crippen LogP contribution in [0.4, 0.5) is 0 Å². The highest BCUT2D eigenvalue weighted by atomic mass is 35.5. The van der Waals surface area contributed by atoms with Gasteiger partial charge in [-0.25, -0.2) is 17.9 Å². The number of amides is 1. The molecule has 0 atom stereocenters. The van der Waals surface area contributed by atoms with Gasteiger partial charge in [0.05, 0.1) is 31.1 Å². The van der Waals surface area contributed by atoms with Crippen molar-refractivity contribution >= 4 is 44.4 Å². The molecular weight excluding hydrogens is 712 g/mol. The Morgan fingerprint density at radius 2 is 1.49 bits per heavy atom. The number of aromatic nitrogens is 1. The van der Waals surface area contributed by atoms with Crippen LogP contribution in [0.1, 0.15) is 45.7 Å². The van der Waals surface area contributed by atoms with Gasteiger partial charge in [-0.15, -0.1) is 0 Å². The van der Waals surface area contributed by atoms with Crippen LogP contribution >= 0.6 is 11.6 Å². The van der Waals surface area contributed by atoms with Gasteiger partial charge in [0.15, 0.2) is 0 Å². The number of ether oxygens (including phenoxy) is 2. The van der Waals surface area contributed by atoms with Gasteiger partial charge in [0.1, 0.15) is 5.75 Å². The first-order chi connectivity index (χ1) is 25.6. The number of hydrogen-bond donors (Lipinski definition) is 1. The summed E-state index contributed by atoms with van der Waals surface area (Å²) in [5, 5.41) is 1.57. The number of benzene rings is 4. The number of piperazine rings is 1. The molecule has 0 aliphatic carbocycles. The van der Waals surface area contributed by atoms with Gasteiger partial charge in [0.2, 0.25) is 15.9 Å². The van der Waals surface area contributed by atoms with Crippen LogP contribution in [0.5, 0.6) is 5.75 Å². The monoisotopic (exact) mass is 756 g/mol. The van der Waals surface area contributed by atoms with Crippen molar-refractivity contribution in [2.45, 2.75) is 25.8 Å². The van der Waals surface area contributed by atoms with E-state index in [4.69, 9.17) is 21.1 Å². The number of nitrogens with zero attached hydrogens (tertiary/aromatic N) is 3. The predicted molar refractivity (Wildman–Crippen MR) is 208 cm³/mol. The maximum absolute atomic E-state index is 13.3. The third-order valence-electron chi connectivity index (χ3n) is 9.75. The quantitative estimate of drug-likeness (QED) is 0.131. The summed E-state index contributed by atoms with van der Waals surface area (Å²) in [7, 11) is -2.25. The van der Waals surface area contributed by atoms with E-state index in [1.54, 1.807) is 36.1 Å². The molecule has 1 aromatic heterocycles. The standard InChI is InChI=1S/C41H45ClN4O6S/c1-30(47)45-24-22-44(23-25-45)26-28-53(49,50)43-21-19-39-36(20-27-52-35-16-13-33(14-17-35)41(48)51-2)37-29-34(42)15-18-38(37)46(39)40(31-9-5-3-6-10-31)32-11-7-4-8-12-32/h3-18,29,40,43H,19-28H2,1-2H3. The summed E-state index contributed by atoms with van der Waals surface area (Å²) >= 11 is 6.64. The Morgan fingerprint density at radius 3 is 2.09 bits per heavy atom. The Kier molecular flexibility index (Phi) is 12.5. The molecule has 1 N–H and O–H groups in total. The number of esters is 1. The minimum absolute atomic E-state index is 0.0300. The smallest absolute Gasteiger partial charge is 0.337 e. The van der Waals surface area contributed by atoms with Crippen LogP contribution < -0.4 is 9.46 Å². The van der Waals surface area contributed by atoms with E-state index >= 15 is 0 Å². The second-order valence-electron chi connectivity index (χ2n) is 13.1. The van der Waals surface area contributed by atoms with Gasteiger partial charge in [-0.1, -0.05) is 72.3 Å². The number of nitrogens with one attached hydrogen (secondary N) is 1. The Labute approximate surface area is 316 Å². The number of hydrogen-bond acceptors (Lipinski definition) is 7. The minimum Gasteiger partial charge on any atom is -0.493 e. The lowest BCUT2D eigenvalue weighted by Crippen LogP contribution is -2.49. The van der Waals surface area contributed by atoms with E-state index < -0.39 is 16.0 Å². The van der Waals surface area contributed by atoms with E-state index in [-0.39, 0.29) is 24.2 Å². The average Bonchev–Trinajstić information content (AvgIpc) is 3.46. The molecule has 1 saturated heterocycles. The van der Waals surface area contributed by atoms with Crippen LogP contribution in [-0.2, 0) is 32.4 Å². The molecule has 1 aliphatic heterocycles. The summed E-state index contributed by atoms with van der Waals surface area (Å²) in [6.07, 6.45) is 0.940. The van der Waals surface area contributed by atoms with Crippen LogP contribution in [-0.4, -0.2) is 93.4 Å². The third-order valence-corrected chi connectivity index (χ3v) is 11.3. The first-order valence-electron chi connectivity index (χ1n) is 17.8. The van der Waals surface area contributed by atoms with Crippen molar-refractivity contribution in [3.05, 3.63) is 136 Å². The number of rotatable bonds is 15. The Balaban J connectivity index is 1.30. The fourth-order valence-electron chi connectivity index (χ4n) is 7.02. The average molecular weight is 757 g/mol. The van der Waals surface area contributed by atoms with Crippen molar-refractivity contribution in [2.24, 2.45) is 0 Å². The zero-order valence-electron chi connectivity index (χ0n) is 30.0. The van der Waals surface area contributed by atoms with Crippen LogP contribution in [0.25, 0.3) is 10.9 Å². The Bertz CT molecular complexity index is 2080. The molecule has 0 bridgehead atoms. The van der Waals surface area contributed by atoms with Crippen molar-refractivity contribution in [1.29, 1.82) is 0 Å². The minimum atomic E-state index is -3.59. The van der Waals surface area contributed by atoms with Crippen LogP contribution in [0.15, 0.2) is 103 Å². The normalized spacial score (nSPS) is 13.8. The maximum Gasteiger partial charge on any atom is 0.337 e. The van der Waals surface area contributed by atoms with Crippen molar-refractivity contribution in [1.82, 2.24) is 19.1 Å². The molecule has 1 amide bonds. The number of methoxy groups -OCH3 is 1. The predicted octanol–water partition coefficient (Wildman–Crippen LogP) is 5.97. The van der Waals surface area contributed by atoms with Gasteiger partial charge in [0.25, 0.3) is 0 Å². The molecule has 6 rings (SSSR count). The van der Waals surface area contributed by atoms with Crippen LogP contribution in [0.3, 0.4) is 0 Å². The van der Waals surface area contributed by atoms with Crippen LogP contribution in [0, 0.1) is 0 Å². The summed E-state index contributed by atoms with van der Waals surface area (Å²) in [5.41, 5.74) is 5.59. The number of fused-ring (bicyclic) bond motifs is 1. The Hall–Kier alpha value is -4.68. The molecule has 0 radical (unpaired) electrons. The largest absolute Gasteiger partial charge is 0.493 e. The second kappa shape index (κ2) is 17.4. The Morgan fingerprint density at radius 1 is 0.849 bits per heavy atom. The molecule has 0 saturated carbocycles. The summed E-state index contributed by atoms with van der Waals surface area (Å²) in [4.78, 5) is 27.5. The first kappa shape index (κ1) is 38.1. The molecule has 278 valence electrons. The lowest BCUT2D eigenvalue weighted by molar-refractivity contribution is -0.130. The lowest BCUT2D eigenvalue weighted by atomic mass is 9.97. The van der Waals surface area contributed by atoms with E-state index in [0.29, 0.717) is 68.5 Å². The molecule has 12 heteroatoms. The SMILES string of the molecule is COC(=O)c1ccc(OCCc2c(CCNS(=O)(=O)CCN3CCN(C(C)=O)CC3)n(C(c3ccccc3)c3ccccc3)c3ccc(Cl)cc23)cc1. The number of sulfonamides is 1. The van der Waals surface area contributed by atoms with E-state index in [1.165, 1.54) is 7.11 Å². The van der Waals surface area contributed by atoms with Crippen molar-refractivity contribution in [3.63, 3.8) is 0 Å². The van der Waals surface area contributed by atoms with Gasteiger partial charge < -0.3 is 18.9 Å². The molecule has 4 aromatic carbocycles. The molecule has 2 heterocycles. The van der Waals surface area contributed by atoms with E-state index in [2.05, 4.69) is 38.5 Å². The molecule has 5 aromatic rings. The van der Waals surface area contributed by atoms with Crippen LogP contribution in [0.2, 0.25) is 5.02 Å². The zero-order valence-corrected chi connectivity index (χ0v) is 31.6. The molecule has 1 aliphatic rings. The summed E-state index contributed by atoms with van der Waals surface area (Å²) in [5.74, 6) is 0.210. The highest BCUT2D eigenvalue weighted by molar-refractivity contribution is 7.89. The fourth-order valence-corrected chi connectivity index (χ4v) is 8.25. The van der Waals surface area contributed by atoms with Gasteiger partial charge in [-0.05, 0) is 59.2 Å². The maximum atomic E-state index is 13.3. The van der Waals surface area contributed by atoms with Gasteiger partial charge >= 0.3 is 5.97 Å². The van der Waals surface area contributed by atoms with Gasteiger partial charge in [0, 0.05) is 80.7 Å². The number of halogens is 1. The topological polar surface area (TPSA) is 110 Å². The fraction of sp³-hybridized carbons (Fsp3) is 0.317. The van der Waals surface area contributed by atoms with E-state index in [1.807, 2.05) is 54.6 Å². The van der Waals surface area contributed by atoms with Crippen molar-refractivity contribution in [3.8, 4) is 5.75 Å². The van der Waals surface area contributed by atoms with E-state index in [9.17, 15) is 18.0 Å². The first-order valence-corrected chi connectivity index (χ1v) is 19.8. The molecule has 53 heavy (non-hydrogen) atoms. The number of carbonyl (C=O) groups excluding carboxylic acids is 2. The zero-order chi connectivity index (χ0) is 37.4. The molecule has 1 fully saturated rings. The highest BCUT2D eigenvalue weighted by Crippen LogP contribution is 2.37. The van der Waals surface area contributed by atoms with Gasteiger partial charge in [-0.3, -0.25) is 9.69 Å². The molecule has 0 spiro atoms. The molecule has 0 unspecified atom stereocenters. The van der Waals surface area contributed by atoms with Crippen molar-refractivity contribution < 1.29 is 27.5 Å². The summed E-state index contributed by atoms with van der Waals surface area (Å²) in [6, 6.07) is 33.1.